The second kappa shape index (κ2) is 3.66. The number of aromatic nitrogens is 1. The highest BCUT2D eigenvalue weighted by atomic mass is 16.1. The van der Waals surface area contributed by atoms with E-state index in [4.69, 9.17) is 0 Å². The second-order valence-electron chi connectivity index (χ2n) is 2.29. The van der Waals surface area contributed by atoms with E-state index >= 15 is 0 Å². The summed E-state index contributed by atoms with van der Waals surface area (Å²) in [6.45, 7) is 1.77. The normalized spacial score (nSPS) is 11.2. The molecule has 0 fully saturated rings. The standard InChI is InChI=1S/C9H9NO/c1-8(7-11)6-9-2-4-10-5-3-9/h2-7H,1H3/b8-6+. The first kappa shape index (κ1) is 7.66. The quantitative estimate of drug-likeness (QED) is 0.470. The van der Waals surface area contributed by atoms with E-state index in [-0.39, 0.29) is 0 Å². The van der Waals surface area contributed by atoms with Crippen LogP contribution in [0.5, 0.6) is 0 Å². The van der Waals surface area contributed by atoms with Gasteiger partial charge in [-0.25, -0.2) is 0 Å². The second-order valence-corrected chi connectivity index (χ2v) is 2.29. The van der Waals surface area contributed by atoms with E-state index in [2.05, 4.69) is 4.98 Å². The van der Waals surface area contributed by atoms with Crippen LogP contribution >= 0.6 is 0 Å². The van der Waals surface area contributed by atoms with Gasteiger partial charge in [0.2, 0.25) is 0 Å². The predicted octanol–water partition coefficient (Wildman–Crippen LogP) is 1.68. The van der Waals surface area contributed by atoms with Crippen molar-refractivity contribution >= 4 is 12.4 Å². The molecule has 0 aromatic carbocycles. The number of hydrogen-bond acceptors (Lipinski definition) is 2. The van der Waals surface area contributed by atoms with Gasteiger partial charge in [-0.2, -0.15) is 0 Å². The predicted molar refractivity (Wildman–Crippen MR) is 44.0 cm³/mol. The Morgan fingerprint density at radius 1 is 1.45 bits per heavy atom. The molecule has 0 saturated heterocycles. The van der Waals surface area contributed by atoms with Gasteiger partial charge < -0.3 is 0 Å². The molecule has 0 aliphatic heterocycles. The number of nitrogens with zero attached hydrogens (tertiary/aromatic N) is 1. The summed E-state index contributed by atoms with van der Waals surface area (Å²) in [5.74, 6) is 0. The zero-order valence-corrected chi connectivity index (χ0v) is 6.32. The van der Waals surface area contributed by atoms with Gasteiger partial charge in [0.25, 0.3) is 0 Å². The van der Waals surface area contributed by atoms with Crippen molar-refractivity contribution in [3.63, 3.8) is 0 Å². The monoisotopic (exact) mass is 147 g/mol. The van der Waals surface area contributed by atoms with E-state index in [1.54, 1.807) is 19.3 Å². The summed E-state index contributed by atoms with van der Waals surface area (Å²) < 4.78 is 0. The van der Waals surface area contributed by atoms with Gasteiger partial charge in [-0.1, -0.05) is 0 Å². The zero-order valence-electron chi connectivity index (χ0n) is 6.32. The van der Waals surface area contributed by atoms with Crippen molar-refractivity contribution in [2.75, 3.05) is 0 Å². The van der Waals surface area contributed by atoms with Crippen molar-refractivity contribution in [2.24, 2.45) is 0 Å². The van der Waals surface area contributed by atoms with E-state index in [1.165, 1.54) is 0 Å². The fraction of sp³-hybridized carbons (Fsp3) is 0.111. The van der Waals surface area contributed by atoms with Crippen molar-refractivity contribution in [1.82, 2.24) is 4.98 Å². The SMILES string of the molecule is C/C(C=O)=C\c1ccncc1. The highest BCUT2D eigenvalue weighted by molar-refractivity contribution is 5.80. The average Bonchev–Trinajstić information content (AvgIpc) is 2.06. The number of hydrogen-bond donors (Lipinski definition) is 0. The molecule has 1 heterocycles. The van der Waals surface area contributed by atoms with Crippen LogP contribution in [0.2, 0.25) is 0 Å². The molecule has 0 aliphatic rings. The van der Waals surface area contributed by atoms with Gasteiger partial charge in [0.1, 0.15) is 6.29 Å². The zero-order chi connectivity index (χ0) is 8.10. The minimum atomic E-state index is 0.719. The lowest BCUT2D eigenvalue weighted by molar-refractivity contribution is -0.104. The van der Waals surface area contributed by atoms with E-state index in [0.717, 1.165) is 17.4 Å². The van der Waals surface area contributed by atoms with Gasteiger partial charge in [0.15, 0.2) is 0 Å². The van der Waals surface area contributed by atoms with Gasteiger partial charge in [0, 0.05) is 12.4 Å². The van der Waals surface area contributed by atoms with E-state index in [1.807, 2.05) is 18.2 Å². The molecule has 0 atom stereocenters. The summed E-state index contributed by atoms with van der Waals surface area (Å²) in [4.78, 5) is 14.1. The number of pyridine rings is 1. The smallest absolute Gasteiger partial charge is 0.145 e. The Kier molecular flexibility index (Phi) is 2.55. The summed E-state index contributed by atoms with van der Waals surface area (Å²) in [5.41, 5.74) is 1.72. The van der Waals surface area contributed by atoms with Crippen LogP contribution in [-0.4, -0.2) is 11.3 Å². The van der Waals surface area contributed by atoms with Gasteiger partial charge >= 0.3 is 0 Å². The van der Waals surface area contributed by atoms with Crippen LogP contribution in [0.3, 0.4) is 0 Å². The first-order chi connectivity index (χ1) is 5.33. The van der Waals surface area contributed by atoms with Crippen molar-refractivity contribution < 1.29 is 4.79 Å². The van der Waals surface area contributed by atoms with Crippen LogP contribution in [0.25, 0.3) is 6.08 Å². The van der Waals surface area contributed by atoms with Crippen molar-refractivity contribution in [3.05, 3.63) is 35.7 Å². The summed E-state index contributed by atoms with van der Waals surface area (Å²) >= 11 is 0. The fourth-order valence-electron chi connectivity index (χ4n) is 0.757. The molecule has 0 radical (unpaired) electrons. The largest absolute Gasteiger partial charge is 0.298 e. The molecule has 1 rings (SSSR count). The maximum Gasteiger partial charge on any atom is 0.145 e. The molecule has 0 aliphatic carbocycles. The molecule has 2 heteroatoms. The van der Waals surface area contributed by atoms with E-state index in [0.29, 0.717) is 0 Å². The van der Waals surface area contributed by atoms with Gasteiger partial charge in [0.05, 0.1) is 0 Å². The van der Waals surface area contributed by atoms with E-state index in [9.17, 15) is 4.79 Å². The molecular weight excluding hydrogens is 138 g/mol. The maximum atomic E-state index is 10.2. The lowest BCUT2D eigenvalue weighted by Gasteiger charge is -1.90. The molecule has 1 aromatic rings. The first-order valence-electron chi connectivity index (χ1n) is 3.36. The van der Waals surface area contributed by atoms with Gasteiger partial charge in [-0.15, -0.1) is 0 Å². The molecule has 2 nitrogen and oxygen atoms in total. The highest BCUT2D eigenvalue weighted by Gasteiger charge is 1.86. The number of carbonyl (C=O) groups is 1. The lowest BCUT2D eigenvalue weighted by atomic mass is 10.2. The Labute approximate surface area is 65.6 Å². The third-order valence-corrected chi connectivity index (χ3v) is 1.29. The third-order valence-electron chi connectivity index (χ3n) is 1.29. The summed E-state index contributed by atoms with van der Waals surface area (Å²) in [6, 6.07) is 3.71. The summed E-state index contributed by atoms with van der Waals surface area (Å²) in [7, 11) is 0. The minimum absolute atomic E-state index is 0.719. The highest BCUT2D eigenvalue weighted by Crippen LogP contribution is 2.02. The lowest BCUT2D eigenvalue weighted by Crippen LogP contribution is -1.77. The van der Waals surface area contributed by atoms with Crippen LogP contribution in [0, 0.1) is 0 Å². The molecule has 0 spiro atoms. The molecule has 11 heavy (non-hydrogen) atoms. The van der Waals surface area contributed by atoms with Gasteiger partial charge in [-0.05, 0) is 36.3 Å². The number of allylic oxidation sites excluding steroid dienone is 1. The van der Waals surface area contributed by atoms with E-state index < -0.39 is 0 Å². The Morgan fingerprint density at radius 3 is 2.64 bits per heavy atom. The summed E-state index contributed by atoms with van der Waals surface area (Å²) in [5, 5.41) is 0. The molecule has 0 N–H and O–H groups in total. The Bertz CT molecular complexity index is 264. The van der Waals surface area contributed by atoms with Crippen LogP contribution in [-0.2, 0) is 4.79 Å². The van der Waals surface area contributed by atoms with Crippen LogP contribution < -0.4 is 0 Å². The van der Waals surface area contributed by atoms with Crippen molar-refractivity contribution in [2.45, 2.75) is 6.92 Å². The Morgan fingerprint density at radius 2 is 2.09 bits per heavy atom. The van der Waals surface area contributed by atoms with Crippen molar-refractivity contribution in [3.8, 4) is 0 Å². The Hall–Kier alpha value is -1.44. The molecule has 56 valence electrons. The molecule has 1 aromatic heterocycles. The molecule has 0 bridgehead atoms. The van der Waals surface area contributed by atoms with Crippen LogP contribution in [0.15, 0.2) is 30.1 Å². The number of rotatable bonds is 2. The maximum absolute atomic E-state index is 10.2. The molecular formula is C9H9NO. The van der Waals surface area contributed by atoms with Crippen LogP contribution in [0.1, 0.15) is 12.5 Å². The number of aldehydes is 1. The van der Waals surface area contributed by atoms with Crippen LogP contribution in [0.4, 0.5) is 0 Å². The average molecular weight is 147 g/mol. The molecule has 0 amide bonds. The topological polar surface area (TPSA) is 30.0 Å². The molecule has 0 unspecified atom stereocenters. The first-order valence-corrected chi connectivity index (χ1v) is 3.36. The summed E-state index contributed by atoms with van der Waals surface area (Å²) in [6.07, 6.45) is 6.04. The Balaban J connectivity index is 2.87. The number of carbonyl (C=O) groups excluding carboxylic acids is 1. The van der Waals surface area contributed by atoms with Crippen molar-refractivity contribution in [1.29, 1.82) is 0 Å². The third kappa shape index (κ3) is 2.34. The van der Waals surface area contributed by atoms with Gasteiger partial charge in [-0.3, -0.25) is 9.78 Å². The molecule has 0 saturated carbocycles. The minimum Gasteiger partial charge on any atom is -0.298 e. The fourth-order valence-corrected chi connectivity index (χ4v) is 0.757.